The minimum Gasteiger partial charge on any atom is -0.496 e. The van der Waals surface area contributed by atoms with Gasteiger partial charge in [-0.25, -0.2) is 0 Å². The van der Waals surface area contributed by atoms with Crippen molar-refractivity contribution in [2.75, 3.05) is 33.3 Å². The molecule has 0 radical (unpaired) electrons. The fourth-order valence-corrected chi connectivity index (χ4v) is 3.05. The van der Waals surface area contributed by atoms with Gasteiger partial charge in [0.25, 0.3) is 0 Å². The fourth-order valence-electron chi connectivity index (χ4n) is 3.05. The highest BCUT2D eigenvalue weighted by atomic mass is 16.5. The number of benzene rings is 1. The Morgan fingerprint density at radius 1 is 1.29 bits per heavy atom. The van der Waals surface area contributed by atoms with Gasteiger partial charge >= 0.3 is 0 Å². The van der Waals surface area contributed by atoms with Gasteiger partial charge < -0.3 is 10.5 Å². The molecule has 1 saturated heterocycles. The van der Waals surface area contributed by atoms with Gasteiger partial charge in [0.15, 0.2) is 0 Å². The molecule has 0 atom stereocenters. The number of nitrogens with two attached hydrogens (primary N) is 1. The predicted octanol–water partition coefficient (Wildman–Crippen LogP) is 1.26. The molecule has 0 unspecified atom stereocenters. The molecule has 3 N–H and O–H groups in total. The molecule has 3 rings (SSSR count). The lowest BCUT2D eigenvalue weighted by molar-refractivity contribution is 0.121. The van der Waals surface area contributed by atoms with Crippen LogP contribution in [-0.2, 0) is 6.54 Å². The summed E-state index contributed by atoms with van der Waals surface area (Å²) in [6.45, 7) is 5.53. The second-order valence-corrected chi connectivity index (χ2v) is 5.99. The van der Waals surface area contributed by atoms with Crippen LogP contribution in [0.15, 0.2) is 18.2 Å². The largest absolute Gasteiger partial charge is 0.496 e. The van der Waals surface area contributed by atoms with Gasteiger partial charge in [-0.2, -0.15) is 0 Å². The SMILES string of the molecule is COc1ccc(CN2CCN(C3CC3)CC2)cc1C(=N)N. The Hall–Kier alpha value is -1.59. The Morgan fingerprint density at radius 2 is 2.00 bits per heavy atom. The van der Waals surface area contributed by atoms with E-state index in [1.54, 1.807) is 7.11 Å². The number of methoxy groups -OCH3 is 1. The number of ether oxygens (including phenoxy) is 1. The molecule has 5 nitrogen and oxygen atoms in total. The third-order valence-electron chi connectivity index (χ3n) is 4.43. The molecule has 0 aromatic heterocycles. The van der Waals surface area contributed by atoms with Crippen LogP contribution in [0.1, 0.15) is 24.0 Å². The van der Waals surface area contributed by atoms with Gasteiger partial charge in [0.05, 0.1) is 12.7 Å². The van der Waals surface area contributed by atoms with E-state index < -0.39 is 0 Å². The standard InChI is InChI=1S/C16H24N4O/c1-21-15-5-2-12(10-14(15)16(17)18)11-19-6-8-20(9-7-19)13-3-4-13/h2,5,10,13H,3-4,6-9,11H2,1H3,(H3,17,18). The van der Waals surface area contributed by atoms with Crippen LogP contribution in [0.3, 0.4) is 0 Å². The normalized spacial score (nSPS) is 20.4. The van der Waals surface area contributed by atoms with E-state index in [1.807, 2.05) is 12.1 Å². The molecule has 0 amide bonds. The summed E-state index contributed by atoms with van der Waals surface area (Å²) < 4.78 is 5.26. The van der Waals surface area contributed by atoms with Gasteiger partial charge in [0.1, 0.15) is 11.6 Å². The van der Waals surface area contributed by atoms with Crippen molar-refractivity contribution in [1.82, 2.24) is 9.80 Å². The van der Waals surface area contributed by atoms with E-state index >= 15 is 0 Å². The molecule has 2 aliphatic rings. The Balaban J connectivity index is 1.62. The average Bonchev–Trinajstić information content (AvgIpc) is 3.32. The van der Waals surface area contributed by atoms with Crippen molar-refractivity contribution in [2.24, 2.45) is 5.73 Å². The van der Waals surface area contributed by atoms with Crippen molar-refractivity contribution >= 4 is 5.84 Å². The van der Waals surface area contributed by atoms with Crippen molar-refractivity contribution in [3.05, 3.63) is 29.3 Å². The van der Waals surface area contributed by atoms with Crippen molar-refractivity contribution in [2.45, 2.75) is 25.4 Å². The van der Waals surface area contributed by atoms with E-state index in [1.165, 1.54) is 31.5 Å². The minimum atomic E-state index is 0.0623. The van der Waals surface area contributed by atoms with E-state index in [2.05, 4.69) is 15.9 Å². The van der Waals surface area contributed by atoms with E-state index in [4.69, 9.17) is 15.9 Å². The zero-order valence-corrected chi connectivity index (χ0v) is 12.6. The average molecular weight is 288 g/mol. The maximum Gasteiger partial charge on any atom is 0.129 e. The second-order valence-electron chi connectivity index (χ2n) is 5.99. The Labute approximate surface area is 126 Å². The smallest absolute Gasteiger partial charge is 0.129 e. The number of nitrogens with zero attached hydrogens (tertiary/aromatic N) is 2. The molecule has 1 aromatic carbocycles. The van der Waals surface area contributed by atoms with Crippen LogP contribution in [0, 0.1) is 5.41 Å². The summed E-state index contributed by atoms with van der Waals surface area (Å²) in [6.07, 6.45) is 2.78. The molecule has 1 aliphatic heterocycles. The van der Waals surface area contributed by atoms with Crippen LogP contribution in [0.5, 0.6) is 5.75 Å². The number of nitrogen functional groups attached to an aromatic ring is 1. The molecule has 21 heavy (non-hydrogen) atoms. The lowest BCUT2D eigenvalue weighted by Gasteiger charge is -2.34. The molecule has 1 heterocycles. The first-order valence-corrected chi connectivity index (χ1v) is 7.65. The zero-order chi connectivity index (χ0) is 14.8. The summed E-state index contributed by atoms with van der Waals surface area (Å²) >= 11 is 0. The Morgan fingerprint density at radius 3 is 2.57 bits per heavy atom. The van der Waals surface area contributed by atoms with Crippen molar-refractivity contribution in [3.8, 4) is 5.75 Å². The summed E-state index contributed by atoms with van der Waals surface area (Å²) in [5.41, 5.74) is 7.52. The molecule has 1 aromatic rings. The van der Waals surface area contributed by atoms with Gasteiger partial charge in [0, 0.05) is 38.8 Å². The third kappa shape index (κ3) is 3.36. The molecule has 0 bridgehead atoms. The molecule has 114 valence electrons. The molecule has 1 aliphatic carbocycles. The van der Waals surface area contributed by atoms with Gasteiger partial charge in [0.2, 0.25) is 0 Å². The third-order valence-corrected chi connectivity index (χ3v) is 4.43. The fraction of sp³-hybridized carbons (Fsp3) is 0.562. The Kier molecular flexibility index (Phi) is 4.12. The zero-order valence-electron chi connectivity index (χ0n) is 12.6. The van der Waals surface area contributed by atoms with Gasteiger partial charge in [-0.05, 0) is 30.5 Å². The molecule has 1 saturated carbocycles. The number of hydrogen-bond acceptors (Lipinski definition) is 4. The monoisotopic (exact) mass is 288 g/mol. The van der Waals surface area contributed by atoms with Gasteiger partial charge in [-0.1, -0.05) is 6.07 Å². The summed E-state index contributed by atoms with van der Waals surface area (Å²) in [4.78, 5) is 5.09. The molecular formula is C16H24N4O. The van der Waals surface area contributed by atoms with Crippen molar-refractivity contribution in [1.29, 1.82) is 5.41 Å². The predicted molar refractivity (Wildman–Crippen MR) is 83.9 cm³/mol. The maximum atomic E-state index is 7.65. The van der Waals surface area contributed by atoms with Crippen LogP contribution in [0.25, 0.3) is 0 Å². The van der Waals surface area contributed by atoms with Crippen LogP contribution < -0.4 is 10.5 Å². The topological polar surface area (TPSA) is 65.6 Å². The number of piperazine rings is 1. The number of amidine groups is 1. The quantitative estimate of drug-likeness (QED) is 0.632. The maximum absolute atomic E-state index is 7.65. The number of hydrogen-bond donors (Lipinski definition) is 2. The van der Waals surface area contributed by atoms with Crippen LogP contribution in [0.2, 0.25) is 0 Å². The van der Waals surface area contributed by atoms with Crippen molar-refractivity contribution < 1.29 is 4.74 Å². The van der Waals surface area contributed by atoms with E-state index in [0.29, 0.717) is 11.3 Å². The van der Waals surface area contributed by atoms with E-state index in [9.17, 15) is 0 Å². The van der Waals surface area contributed by atoms with Gasteiger partial charge in [-0.3, -0.25) is 15.2 Å². The first kappa shape index (κ1) is 14.4. The first-order valence-electron chi connectivity index (χ1n) is 7.65. The van der Waals surface area contributed by atoms with Gasteiger partial charge in [-0.15, -0.1) is 0 Å². The highest BCUT2D eigenvalue weighted by Crippen LogP contribution is 2.28. The van der Waals surface area contributed by atoms with Crippen LogP contribution in [0.4, 0.5) is 0 Å². The molecular weight excluding hydrogens is 264 g/mol. The number of nitrogens with one attached hydrogen (secondary N) is 1. The first-order chi connectivity index (χ1) is 10.2. The van der Waals surface area contributed by atoms with E-state index in [-0.39, 0.29) is 5.84 Å². The summed E-state index contributed by atoms with van der Waals surface area (Å²) in [5, 5.41) is 7.65. The lowest BCUT2D eigenvalue weighted by Crippen LogP contribution is -2.46. The highest BCUT2D eigenvalue weighted by molar-refractivity contribution is 5.97. The lowest BCUT2D eigenvalue weighted by atomic mass is 10.1. The molecule has 2 fully saturated rings. The summed E-state index contributed by atoms with van der Waals surface area (Å²) in [6, 6.07) is 6.83. The summed E-state index contributed by atoms with van der Waals surface area (Å²) in [5.74, 6) is 0.733. The minimum absolute atomic E-state index is 0.0623. The van der Waals surface area contributed by atoms with Crippen LogP contribution >= 0.6 is 0 Å². The van der Waals surface area contributed by atoms with E-state index in [0.717, 1.165) is 25.7 Å². The highest BCUT2D eigenvalue weighted by Gasteiger charge is 2.31. The molecule has 0 spiro atoms. The van der Waals surface area contributed by atoms with Crippen LogP contribution in [-0.4, -0.2) is 55.0 Å². The Bertz CT molecular complexity index is 519. The second kappa shape index (κ2) is 6.03. The summed E-state index contributed by atoms with van der Waals surface area (Å²) in [7, 11) is 1.61. The van der Waals surface area contributed by atoms with Crippen molar-refractivity contribution in [3.63, 3.8) is 0 Å². The molecule has 5 heteroatoms. The number of rotatable bonds is 5.